The number of amides is 1. The van der Waals surface area contributed by atoms with Crippen molar-refractivity contribution < 1.29 is 19.4 Å². The highest BCUT2D eigenvalue weighted by molar-refractivity contribution is 5.65. The molecule has 1 aromatic carbocycles. The summed E-state index contributed by atoms with van der Waals surface area (Å²) in [4.78, 5) is 14.4. The molecule has 0 aromatic heterocycles. The zero-order valence-corrected chi connectivity index (χ0v) is 11.1. The maximum Gasteiger partial charge on any atom is 0.407 e. The lowest BCUT2D eigenvalue weighted by atomic mass is 10.2. The number of ether oxygens (including phenoxy) is 2. The molecule has 0 unspecified atom stereocenters. The van der Waals surface area contributed by atoms with Gasteiger partial charge in [0.05, 0.1) is 14.2 Å². The summed E-state index contributed by atoms with van der Waals surface area (Å²) in [5, 5.41) is 8.93. The van der Waals surface area contributed by atoms with Crippen molar-refractivity contribution in [2.45, 2.75) is 0 Å². The van der Waals surface area contributed by atoms with Crippen LogP contribution in [-0.2, 0) is 0 Å². The molecule has 6 heteroatoms. The smallest absolute Gasteiger partial charge is 0.407 e. The molecule has 1 aliphatic rings. The highest BCUT2D eigenvalue weighted by atomic mass is 16.5. The van der Waals surface area contributed by atoms with Gasteiger partial charge < -0.3 is 24.4 Å². The van der Waals surface area contributed by atoms with Crippen molar-refractivity contribution in [2.24, 2.45) is 0 Å². The number of nitrogens with zero attached hydrogens (tertiary/aromatic N) is 2. The topological polar surface area (TPSA) is 62.2 Å². The Balaban J connectivity index is 2.12. The van der Waals surface area contributed by atoms with Gasteiger partial charge in [-0.25, -0.2) is 4.79 Å². The van der Waals surface area contributed by atoms with Gasteiger partial charge in [0.15, 0.2) is 0 Å². The van der Waals surface area contributed by atoms with Gasteiger partial charge in [-0.05, 0) is 0 Å². The van der Waals surface area contributed by atoms with Crippen molar-refractivity contribution in [1.82, 2.24) is 4.90 Å². The van der Waals surface area contributed by atoms with Gasteiger partial charge in [0, 0.05) is 50.1 Å². The van der Waals surface area contributed by atoms with Gasteiger partial charge in [-0.15, -0.1) is 0 Å². The second-order valence-corrected chi connectivity index (χ2v) is 4.33. The van der Waals surface area contributed by atoms with Crippen molar-refractivity contribution in [3.8, 4) is 11.5 Å². The van der Waals surface area contributed by atoms with E-state index in [2.05, 4.69) is 4.90 Å². The first-order valence-corrected chi connectivity index (χ1v) is 6.10. The van der Waals surface area contributed by atoms with Crippen molar-refractivity contribution in [3.05, 3.63) is 18.2 Å². The monoisotopic (exact) mass is 266 g/mol. The van der Waals surface area contributed by atoms with Crippen LogP contribution in [0, 0.1) is 0 Å². The molecule has 0 bridgehead atoms. The molecule has 0 radical (unpaired) electrons. The fraction of sp³-hybridized carbons (Fsp3) is 0.462. The Hall–Kier alpha value is -2.11. The molecule has 1 amide bonds. The lowest BCUT2D eigenvalue weighted by Crippen LogP contribution is -2.48. The summed E-state index contributed by atoms with van der Waals surface area (Å²) >= 11 is 0. The van der Waals surface area contributed by atoms with Gasteiger partial charge in [0.1, 0.15) is 11.5 Å². The Morgan fingerprint density at radius 1 is 1.05 bits per heavy atom. The summed E-state index contributed by atoms with van der Waals surface area (Å²) in [6.07, 6.45) is -0.858. The molecule has 19 heavy (non-hydrogen) atoms. The second kappa shape index (κ2) is 5.69. The number of carbonyl (C=O) groups is 1. The standard InChI is InChI=1S/C13H18N2O4/c1-18-11-7-10(8-12(9-11)19-2)14-3-5-15(6-4-14)13(16)17/h7-9H,3-6H2,1-2H3,(H,16,17). The number of benzene rings is 1. The van der Waals surface area contributed by atoms with Crippen LogP contribution in [0.3, 0.4) is 0 Å². The number of anilines is 1. The molecule has 6 nitrogen and oxygen atoms in total. The Morgan fingerprint density at radius 2 is 1.58 bits per heavy atom. The molecule has 1 aliphatic heterocycles. The van der Waals surface area contributed by atoms with E-state index in [0.717, 1.165) is 17.2 Å². The predicted octanol–water partition coefficient (Wildman–Crippen LogP) is 1.50. The van der Waals surface area contributed by atoms with E-state index in [1.54, 1.807) is 14.2 Å². The quantitative estimate of drug-likeness (QED) is 0.898. The third kappa shape index (κ3) is 3.01. The Labute approximate surface area is 112 Å². The molecular weight excluding hydrogens is 248 g/mol. The molecule has 0 aliphatic carbocycles. The van der Waals surface area contributed by atoms with Crippen LogP contribution in [0.5, 0.6) is 11.5 Å². The number of carboxylic acid groups (broad SMARTS) is 1. The van der Waals surface area contributed by atoms with Crippen LogP contribution in [0.2, 0.25) is 0 Å². The van der Waals surface area contributed by atoms with Crippen LogP contribution in [0.4, 0.5) is 10.5 Å². The molecule has 1 heterocycles. The molecule has 1 N–H and O–H groups in total. The van der Waals surface area contributed by atoms with E-state index >= 15 is 0 Å². The fourth-order valence-corrected chi connectivity index (χ4v) is 2.13. The first-order chi connectivity index (χ1) is 9.13. The van der Waals surface area contributed by atoms with E-state index in [9.17, 15) is 4.79 Å². The average Bonchev–Trinajstić information content (AvgIpc) is 2.46. The Bertz CT molecular complexity index is 434. The molecule has 1 fully saturated rings. The van der Waals surface area contributed by atoms with Crippen molar-refractivity contribution >= 4 is 11.8 Å². The maximum absolute atomic E-state index is 10.9. The minimum atomic E-state index is -0.858. The van der Waals surface area contributed by atoms with Crippen LogP contribution in [0.25, 0.3) is 0 Å². The lowest BCUT2D eigenvalue weighted by Gasteiger charge is -2.34. The molecule has 0 atom stereocenters. The van der Waals surface area contributed by atoms with Crippen LogP contribution in [0.15, 0.2) is 18.2 Å². The first-order valence-electron chi connectivity index (χ1n) is 6.10. The maximum atomic E-state index is 10.9. The fourth-order valence-electron chi connectivity index (χ4n) is 2.13. The van der Waals surface area contributed by atoms with E-state index in [1.165, 1.54) is 4.90 Å². The number of piperazine rings is 1. The minimum absolute atomic E-state index is 0.509. The normalized spacial score (nSPS) is 15.3. The van der Waals surface area contributed by atoms with Crippen molar-refractivity contribution in [3.63, 3.8) is 0 Å². The molecule has 2 rings (SSSR count). The summed E-state index contributed by atoms with van der Waals surface area (Å²) in [5.41, 5.74) is 0.987. The van der Waals surface area contributed by atoms with Gasteiger partial charge in [0.2, 0.25) is 0 Å². The molecular formula is C13H18N2O4. The van der Waals surface area contributed by atoms with Gasteiger partial charge in [0.25, 0.3) is 0 Å². The third-order valence-electron chi connectivity index (χ3n) is 3.25. The van der Waals surface area contributed by atoms with Gasteiger partial charge >= 0.3 is 6.09 Å². The molecule has 1 aromatic rings. The summed E-state index contributed by atoms with van der Waals surface area (Å²) in [5.74, 6) is 1.46. The van der Waals surface area contributed by atoms with E-state index in [4.69, 9.17) is 14.6 Å². The lowest BCUT2D eigenvalue weighted by molar-refractivity contribution is 0.142. The second-order valence-electron chi connectivity index (χ2n) is 4.33. The Morgan fingerprint density at radius 3 is 2.00 bits per heavy atom. The van der Waals surface area contributed by atoms with Crippen molar-refractivity contribution in [1.29, 1.82) is 0 Å². The number of hydrogen-bond donors (Lipinski definition) is 1. The highest BCUT2D eigenvalue weighted by Gasteiger charge is 2.21. The summed E-state index contributed by atoms with van der Waals surface area (Å²) in [7, 11) is 3.22. The Kier molecular flexibility index (Phi) is 3.99. The van der Waals surface area contributed by atoms with Crippen LogP contribution in [0.1, 0.15) is 0 Å². The van der Waals surface area contributed by atoms with E-state index in [-0.39, 0.29) is 0 Å². The number of hydrogen-bond acceptors (Lipinski definition) is 4. The molecule has 0 saturated carbocycles. The molecule has 0 spiro atoms. The SMILES string of the molecule is COc1cc(OC)cc(N2CCN(C(=O)O)CC2)c1. The number of methoxy groups -OCH3 is 2. The number of rotatable bonds is 3. The summed E-state index contributed by atoms with van der Waals surface area (Å²) in [6.45, 7) is 2.36. The molecule has 104 valence electrons. The van der Waals surface area contributed by atoms with Crippen LogP contribution < -0.4 is 14.4 Å². The zero-order valence-electron chi connectivity index (χ0n) is 11.1. The average molecular weight is 266 g/mol. The summed E-state index contributed by atoms with van der Waals surface area (Å²) in [6, 6.07) is 5.68. The van der Waals surface area contributed by atoms with E-state index < -0.39 is 6.09 Å². The van der Waals surface area contributed by atoms with Gasteiger partial charge in [-0.2, -0.15) is 0 Å². The zero-order chi connectivity index (χ0) is 13.8. The van der Waals surface area contributed by atoms with Crippen LogP contribution >= 0.6 is 0 Å². The molecule has 1 saturated heterocycles. The predicted molar refractivity (Wildman–Crippen MR) is 71.4 cm³/mol. The van der Waals surface area contributed by atoms with Crippen LogP contribution in [-0.4, -0.2) is 56.5 Å². The van der Waals surface area contributed by atoms with Gasteiger partial charge in [-0.1, -0.05) is 0 Å². The third-order valence-corrected chi connectivity index (χ3v) is 3.25. The van der Waals surface area contributed by atoms with E-state index in [0.29, 0.717) is 26.2 Å². The van der Waals surface area contributed by atoms with E-state index in [1.807, 2.05) is 18.2 Å². The largest absolute Gasteiger partial charge is 0.497 e. The van der Waals surface area contributed by atoms with Crippen molar-refractivity contribution in [2.75, 3.05) is 45.3 Å². The van der Waals surface area contributed by atoms with Gasteiger partial charge in [-0.3, -0.25) is 0 Å². The highest BCUT2D eigenvalue weighted by Crippen LogP contribution is 2.28. The summed E-state index contributed by atoms with van der Waals surface area (Å²) < 4.78 is 10.5. The minimum Gasteiger partial charge on any atom is -0.497 e. The first kappa shape index (κ1) is 13.3.